The Kier molecular flexibility index (Phi) is 5.05. The predicted octanol–water partition coefficient (Wildman–Crippen LogP) is 3.60. The largest absolute Gasteiger partial charge is 0.339 e. The molecule has 4 rings (SSSR count). The summed E-state index contributed by atoms with van der Waals surface area (Å²) >= 11 is 6.14. The summed E-state index contributed by atoms with van der Waals surface area (Å²) in [5, 5.41) is 14.9. The molecule has 1 atom stereocenters. The molecule has 0 bridgehead atoms. The van der Waals surface area contributed by atoms with Crippen LogP contribution in [0.15, 0.2) is 59.3 Å². The number of nitrogens with zero attached hydrogens (tertiary/aromatic N) is 5. The molecular formula is C19H14ClFN6O2. The van der Waals surface area contributed by atoms with Crippen molar-refractivity contribution in [3.8, 4) is 17.1 Å². The van der Waals surface area contributed by atoms with E-state index >= 15 is 0 Å². The third-order valence-corrected chi connectivity index (χ3v) is 4.41. The van der Waals surface area contributed by atoms with Gasteiger partial charge in [-0.1, -0.05) is 34.1 Å². The monoisotopic (exact) mass is 412 g/mol. The molecule has 0 aliphatic heterocycles. The van der Waals surface area contributed by atoms with E-state index in [0.29, 0.717) is 22.1 Å². The minimum atomic E-state index is -0.574. The lowest BCUT2D eigenvalue weighted by molar-refractivity contribution is 0.0927. The summed E-state index contributed by atoms with van der Waals surface area (Å²) in [6.07, 6.45) is 1.47. The third-order valence-electron chi connectivity index (χ3n) is 4.09. The number of halogens is 2. The number of hydrogen-bond acceptors (Lipinski definition) is 6. The number of carbonyl (C=O) groups excluding carboxylic acids is 1. The fourth-order valence-corrected chi connectivity index (χ4v) is 2.81. The molecule has 10 heteroatoms. The van der Waals surface area contributed by atoms with Crippen LogP contribution in [0.5, 0.6) is 0 Å². The van der Waals surface area contributed by atoms with Crippen molar-refractivity contribution in [3.63, 3.8) is 0 Å². The third kappa shape index (κ3) is 3.99. The molecule has 8 nitrogen and oxygen atoms in total. The van der Waals surface area contributed by atoms with Crippen LogP contribution in [-0.2, 0) is 0 Å². The molecule has 0 radical (unpaired) electrons. The molecule has 2 aromatic heterocycles. The lowest BCUT2D eigenvalue weighted by atomic mass is 10.2. The van der Waals surface area contributed by atoms with Crippen LogP contribution in [0.1, 0.15) is 29.3 Å². The van der Waals surface area contributed by atoms with Gasteiger partial charge in [-0.05, 0) is 43.3 Å². The van der Waals surface area contributed by atoms with E-state index in [-0.39, 0.29) is 17.4 Å². The SMILES string of the molecule is CC(NC(=O)c1cn(-c2ccccc2Cl)nn1)c1nc(-c2ccc(F)cc2)no1. The molecule has 29 heavy (non-hydrogen) atoms. The summed E-state index contributed by atoms with van der Waals surface area (Å²) < 4.78 is 19.7. The molecule has 0 fully saturated rings. The lowest BCUT2D eigenvalue weighted by Gasteiger charge is -2.07. The molecule has 146 valence electrons. The van der Waals surface area contributed by atoms with Gasteiger partial charge in [-0.2, -0.15) is 4.98 Å². The summed E-state index contributed by atoms with van der Waals surface area (Å²) in [7, 11) is 0. The van der Waals surface area contributed by atoms with E-state index < -0.39 is 11.9 Å². The summed E-state index contributed by atoms with van der Waals surface area (Å²) in [5.41, 5.74) is 1.31. The first-order chi connectivity index (χ1) is 14.0. The maximum absolute atomic E-state index is 13.0. The average molecular weight is 413 g/mol. The molecule has 0 aliphatic carbocycles. The minimum absolute atomic E-state index is 0.107. The Labute approximate surface area is 169 Å². The summed E-state index contributed by atoms with van der Waals surface area (Å²) in [6, 6.07) is 12.2. The van der Waals surface area contributed by atoms with Crippen LogP contribution in [0.25, 0.3) is 17.1 Å². The first-order valence-electron chi connectivity index (χ1n) is 8.59. The Morgan fingerprint density at radius 3 is 2.72 bits per heavy atom. The van der Waals surface area contributed by atoms with Gasteiger partial charge in [0.2, 0.25) is 11.7 Å². The van der Waals surface area contributed by atoms with Gasteiger partial charge in [0.25, 0.3) is 5.91 Å². The van der Waals surface area contributed by atoms with Gasteiger partial charge >= 0.3 is 0 Å². The van der Waals surface area contributed by atoms with Gasteiger partial charge < -0.3 is 9.84 Å². The quantitative estimate of drug-likeness (QED) is 0.537. The molecule has 0 saturated heterocycles. The first kappa shape index (κ1) is 18.8. The zero-order chi connectivity index (χ0) is 20.4. The summed E-state index contributed by atoms with van der Waals surface area (Å²) in [5.74, 6) is -0.317. The van der Waals surface area contributed by atoms with E-state index in [1.54, 1.807) is 43.3 Å². The van der Waals surface area contributed by atoms with E-state index in [0.717, 1.165) is 0 Å². The second kappa shape index (κ2) is 7.80. The van der Waals surface area contributed by atoms with Gasteiger partial charge in [0, 0.05) is 5.56 Å². The van der Waals surface area contributed by atoms with Gasteiger partial charge in [-0.3, -0.25) is 4.79 Å². The van der Waals surface area contributed by atoms with Crippen LogP contribution >= 0.6 is 11.6 Å². The molecule has 2 heterocycles. The Hall–Kier alpha value is -3.59. The number of carbonyl (C=O) groups is 1. The lowest BCUT2D eigenvalue weighted by Crippen LogP contribution is -2.27. The summed E-state index contributed by atoms with van der Waals surface area (Å²) in [6.45, 7) is 1.69. The van der Waals surface area contributed by atoms with Crippen LogP contribution in [0.2, 0.25) is 5.02 Å². The number of benzene rings is 2. The molecule has 0 saturated carbocycles. The van der Waals surface area contributed by atoms with E-state index in [2.05, 4.69) is 25.8 Å². The van der Waals surface area contributed by atoms with Gasteiger partial charge in [-0.25, -0.2) is 9.07 Å². The van der Waals surface area contributed by atoms with Crippen LogP contribution in [-0.4, -0.2) is 31.0 Å². The van der Waals surface area contributed by atoms with Crippen molar-refractivity contribution in [2.75, 3.05) is 0 Å². The van der Waals surface area contributed by atoms with Crippen molar-refractivity contribution in [2.45, 2.75) is 13.0 Å². The standard InChI is InChI=1S/C19H14ClFN6O2/c1-11(19-23-17(25-29-19)12-6-8-13(21)9-7-12)22-18(28)15-10-27(26-24-15)16-5-3-2-4-14(16)20/h2-11H,1H3,(H,22,28). The highest BCUT2D eigenvalue weighted by Crippen LogP contribution is 2.20. The predicted molar refractivity (Wildman–Crippen MR) is 102 cm³/mol. The number of nitrogens with one attached hydrogen (secondary N) is 1. The maximum atomic E-state index is 13.0. The second-order valence-electron chi connectivity index (χ2n) is 6.16. The molecule has 2 aromatic carbocycles. The number of aromatic nitrogens is 5. The highest BCUT2D eigenvalue weighted by molar-refractivity contribution is 6.32. The zero-order valence-corrected chi connectivity index (χ0v) is 15.8. The molecule has 4 aromatic rings. The van der Waals surface area contributed by atoms with Gasteiger partial charge in [0.15, 0.2) is 5.69 Å². The Balaban J connectivity index is 1.46. The Morgan fingerprint density at radius 1 is 1.21 bits per heavy atom. The van der Waals surface area contributed by atoms with Crippen LogP contribution in [0.4, 0.5) is 4.39 Å². The van der Waals surface area contributed by atoms with E-state index in [1.807, 2.05) is 0 Å². The second-order valence-corrected chi connectivity index (χ2v) is 6.57. The molecule has 0 aliphatic rings. The smallest absolute Gasteiger partial charge is 0.274 e. The highest BCUT2D eigenvalue weighted by atomic mass is 35.5. The first-order valence-corrected chi connectivity index (χ1v) is 8.97. The van der Waals surface area contributed by atoms with Crippen molar-refractivity contribution >= 4 is 17.5 Å². The van der Waals surface area contributed by atoms with Gasteiger partial charge in [0.05, 0.1) is 16.9 Å². The van der Waals surface area contributed by atoms with E-state index in [1.165, 1.54) is 23.0 Å². The van der Waals surface area contributed by atoms with Crippen molar-refractivity contribution in [1.29, 1.82) is 0 Å². The topological polar surface area (TPSA) is 98.7 Å². The van der Waals surface area contributed by atoms with Crippen LogP contribution in [0, 0.1) is 5.82 Å². The number of para-hydroxylation sites is 1. The highest BCUT2D eigenvalue weighted by Gasteiger charge is 2.20. The average Bonchev–Trinajstić information content (AvgIpc) is 3.39. The number of rotatable bonds is 5. The minimum Gasteiger partial charge on any atom is -0.339 e. The van der Waals surface area contributed by atoms with Gasteiger partial charge in [-0.15, -0.1) is 5.10 Å². The molecule has 1 amide bonds. The molecular weight excluding hydrogens is 399 g/mol. The maximum Gasteiger partial charge on any atom is 0.274 e. The normalized spacial score (nSPS) is 12.0. The Morgan fingerprint density at radius 2 is 1.97 bits per heavy atom. The molecule has 0 spiro atoms. The Bertz CT molecular complexity index is 1160. The summed E-state index contributed by atoms with van der Waals surface area (Å²) in [4.78, 5) is 16.7. The van der Waals surface area contributed by atoms with Crippen molar-refractivity contribution in [1.82, 2.24) is 30.5 Å². The number of amides is 1. The molecule has 1 unspecified atom stereocenters. The van der Waals surface area contributed by atoms with Crippen LogP contribution < -0.4 is 5.32 Å². The van der Waals surface area contributed by atoms with Crippen LogP contribution in [0.3, 0.4) is 0 Å². The van der Waals surface area contributed by atoms with E-state index in [4.69, 9.17) is 16.1 Å². The molecule has 1 N–H and O–H groups in total. The fraction of sp³-hybridized carbons (Fsp3) is 0.105. The van der Waals surface area contributed by atoms with E-state index in [9.17, 15) is 9.18 Å². The number of hydrogen-bond donors (Lipinski definition) is 1. The van der Waals surface area contributed by atoms with Crippen molar-refractivity contribution in [2.24, 2.45) is 0 Å². The van der Waals surface area contributed by atoms with Gasteiger partial charge in [0.1, 0.15) is 11.9 Å². The zero-order valence-electron chi connectivity index (χ0n) is 15.1. The van der Waals surface area contributed by atoms with Crippen molar-refractivity contribution < 1.29 is 13.7 Å². The van der Waals surface area contributed by atoms with Crippen molar-refractivity contribution in [3.05, 3.63) is 77.2 Å². The fourth-order valence-electron chi connectivity index (χ4n) is 2.58.